The minimum absolute atomic E-state index is 0.0153. The van der Waals surface area contributed by atoms with Crippen molar-refractivity contribution in [2.75, 3.05) is 41.3 Å². The Kier molecular flexibility index (Phi) is 6.08. The van der Waals surface area contributed by atoms with Crippen LogP contribution in [0.3, 0.4) is 0 Å². The van der Waals surface area contributed by atoms with Crippen LogP contribution in [0, 0.1) is 15.9 Å². The lowest BCUT2D eigenvalue weighted by Gasteiger charge is -2.35. The Balaban J connectivity index is 1.53. The molecule has 0 radical (unpaired) electrons. The first-order valence-corrected chi connectivity index (χ1v) is 9.99. The van der Waals surface area contributed by atoms with Crippen LogP contribution >= 0.6 is 11.6 Å². The molecular weight excluding hydrogens is 425 g/mol. The number of nitrogens with one attached hydrogen (secondary N) is 1. The van der Waals surface area contributed by atoms with Crippen molar-refractivity contribution in [3.63, 3.8) is 0 Å². The smallest absolute Gasteiger partial charge is 0.353 e. The lowest BCUT2D eigenvalue weighted by atomic mass is 10.2. The van der Waals surface area contributed by atoms with Crippen molar-refractivity contribution in [3.05, 3.63) is 75.4 Å². The second-order valence-electron chi connectivity index (χ2n) is 6.87. The number of hydrogen-bond donors (Lipinski definition) is 1. The van der Waals surface area contributed by atoms with E-state index in [2.05, 4.69) is 25.2 Å². The fourth-order valence-electron chi connectivity index (χ4n) is 3.46. The Labute approximate surface area is 182 Å². The van der Waals surface area contributed by atoms with Crippen LogP contribution in [0.15, 0.2) is 48.9 Å². The van der Waals surface area contributed by atoms with Crippen LogP contribution in [0.2, 0.25) is 5.02 Å². The molecular formula is C20H19ClFN7O2. The molecule has 1 aliphatic rings. The van der Waals surface area contributed by atoms with Gasteiger partial charge < -0.3 is 15.1 Å². The Morgan fingerprint density at radius 3 is 2.52 bits per heavy atom. The summed E-state index contributed by atoms with van der Waals surface area (Å²) in [5.74, 6) is 0.607. The molecule has 1 fully saturated rings. The molecule has 2 aromatic heterocycles. The van der Waals surface area contributed by atoms with Crippen LogP contribution in [0.4, 0.5) is 27.5 Å². The summed E-state index contributed by atoms with van der Waals surface area (Å²) in [4.78, 5) is 27.8. The SMILES string of the molecule is O=[N+]([O-])c1c(NCc2c(F)cccc2Cl)ncnc1N1CCN(c2ccccn2)CC1. The summed E-state index contributed by atoms with van der Waals surface area (Å²) in [5, 5.41) is 14.9. The van der Waals surface area contributed by atoms with E-state index in [1.165, 1.54) is 18.5 Å². The van der Waals surface area contributed by atoms with E-state index in [9.17, 15) is 14.5 Å². The number of piperazine rings is 1. The van der Waals surface area contributed by atoms with E-state index in [1.54, 1.807) is 12.3 Å². The third kappa shape index (κ3) is 4.48. The molecule has 4 rings (SSSR count). The lowest BCUT2D eigenvalue weighted by Crippen LogP contribution is -2.47. The van der Waals surface area contributed by atoms with Gasteiger partial charge >= 0.3 is 5.69 Å². The number of anilines is 3. The molecule has 0 amide bonds. The maximum atomic E-state index is 14.0. The zero-order valence-electron chi connectivity index (χ0n) is 16.4. The molecule has 1 saturated heterocycles. The van der Waals surface area contributed by atoms with Gasteiger partial charge in [-0.1, -0.05) is 23.7 Å². The molecule has 0 atom stereocenters. The monoisotopic (exact) mass is 443 g/mol. The molecule has 31 heavy (non-hydrogen) atoms. The van der Waals surface area contributed by atoms with Gasteiger partial charge in [-0.2, -0.15) is 0 Å². The second-order valence-corrected chi connectivity index (χ2v) is 7.27. The molecule has 0 aliphatic carbocycles. The Hall–Kier alpha value is -3.53. The molecule has 0 bridgehead atoms. The van der Waals surface area contributed by atoms with Crippen LogP contribution in [0.1, 0.15) is 5.56 Å². The first kappa shape index (κ1) is 20.7. The third-order valence-corrected chi connectivity index (χ3v) is 5.39. The normalized spacial score (nSPS) is 13.9. The number of nitrogens with zero attached hydrogens (tertiary/aromatic N) is 6. The van der Waals surface area contributed by atoms with Crippen LogP contribution in [-0.4, -0.2) is 46.1 Å². The molecule has 9 nitrogen and oxygen atoms in total. The van der Waals surface area contributed by atoms with Crippen LogP contribution in [0.25, 0.3) is 0 Å². The molecule has 0 spiro atoms. The van der Waals surface area contributed by atoms with E-state index in [0.29, 0.717) is 26.2 Å². The molecule has 160 valence electrons. The van der Waals surface area contributed by atoms with Crippen LogP contribution in [-0.2, 0) is 6.54 Å². The Bertz CT molecular complexity index is 1060. The van der Waals surface area contributed by atoms with Gasteiger partial charge in [0.05, 0.1) is 4.92 Å². The van der Waals surface area contributed by atoms with E-state index in [1.807, 2.05) is 23.1 Å². The predicted octanol–water partition coefficient (Wildman–Crippen LogP) is 3.51. The van der Waals surface area contributed by atoms with Crippen molar-refractivity contribution < 1.29 is 9.31 Å². The fourth-order valence-corrected chi connectivity index (χ4v) is 3.69. The summed E-state index contributed by atoms with van der Waals surface area (Å²) in [6.07, 6.45) is 3.00. The highest BCUT2D eigenvalue weighted by Crippen LogP contribution is 2.33. The summed E-state index contributed by atoms with van der Waals surface area (Å²) in [5.41, 5.74) is -0.0381. The van der Waals surface area contributed by atoms with Crippen molar-refractivity contribution in [1.82, 2.24) is 15.0 Å². The molecule has 3 heterocycles. The molecule has 1 aliphatic heterocycles. The zero-order chi connectivity index (χ0) is 21.8. The van der Waals surface area contributed by atoms with Crippen molar-refractivity contribution in [1.29, 1.82) is 0 Å². The molecule has 3 aromatic rings. The number of nitro groups is 1. The molecule has 1 aromatic carbocycles. The first-order chi connectivity index (χ1) is 15.0. The highest BCUT2D eigenvalue weighted by Gasteiger charge is 2.29. The van der Waals surface area contributed by atoms with E-state index < -0.39 is 10.7 Å². The van der Waals surface area contributed by atoms with Gasteiger partial charge in [0, 0.05) is 49.5 Å². The number of pyridine rings is 1. The summed E-state index contributed by atoms with van der Waals surface area (Å²) in [6, 6.07) is 10.0. The average molecular weight is 444 g/mol. The van der Waals surface area contributed by atoms with Gasteiger partial charge in [0.15, 0.2) is 0 Å². The molecule has 11 heteroatoms. The summed E-state index contributed by atoms with van der Waals surface area (Å²) >= 11 is 6.05. The minimum Gasteiger partial charge on any atom is -0.360 e. The van der Waals surface area contributed by atoms with Gasteiger partial charge in [0.2, 0.25) is 11.6 Å². The van der Waals surface area contributed by atoms with E-state index in [4.69, 9.17) is 11.6 Å². The third-order valence-electron chi connectivity index (χ3n) is 5.03. The molecule has 0 unspecified atom stereocenters. The quantitative estimate of drug-likeness (QED) is 0.456. The first-order valence-electron chi connectivity index (χ1n) is 9.61. The summed E-state index contributed by atoms with van der Waals surface area (Å²) in [6.45, 7) is 2.31. The number of halogens is 2. The van der Waals surface area contributed by atoms with Gasteiger partial charge in [-0.05, 0) is 24.3 Å². The van der Waals surface area contributed by atoms with Crippen LogP contribution in [0.5, 0.6) is 0 Å². The highest BCUT2D eigenvalue weighted by molar-refractivity contribution is 6.31. The Morgan fingerprint density at radius 2 is 1.84 bits per heavy atom. The summed E-state index contributed by atoms with van der Waals surface area (Å²) < 4.78 is 14.0. The maximum Gasteiger partial charge on any atom is 0.353 e. The lowest BCUT2D eigenvalue weighted by molar-refractivity contribution is -0.383. The van der Waals surface area contributed by atoms with E-state index in [-0.39, 0.29) is 34.5 Å². The number of rotatable bonds is 6. The van der Waals surface area contributed by atoms with Crippen molar-refractivity contribution in [2.45, 2.75) is 6.54 Å². The largest absolute Gasteiger partial charge is 0.360 e. The van der Waals surface area contributed by atoms with Gasteiger partial charge in [0.1, 0.15) is 18.0 Å². The van der Waals surface area contributed by atoms with Crippen LogP contribution < -0.4 is 15.1 Å². The number of hydrogen-bond acceptors (Lipinski definition) is 8. The van der Waals surface area contributed by atoms with Crippen molar-refractivity contribution in [3.8, 4) is 0 Å². The van der Waals surface area contributed by atoms with Crippen molar-refractivity contribution in [2.24, 2.45) is 0 Å². The number of aromatic nitrogens is 3. The fraction of sp³-hybridized carbons (Fsp3) is 0.250. The topological polar surface area (TPSA) is 100 Å². The van der Waals surface area contributed by atoms with E-state index in [0.717, 1.165) is 5.82 Å². The van der Waals surface area contributed by atoms with Gasteiger partial charge in [-0.25, -0.2) is 19.3 Å². The average Bonchev–Trinajstić information content (AvgIpc) is 2.79. The van der Waals surface area contributed by atoms with Gasteiger partial charge in [0.25, 0.3) is 0 Å². The summed E-state index contributed by atoms with van der Waals surface area (Å²) in [7, 11) is 0. The standard InChI is InChI=1S/C20H19ClFN7O2/c21-15-4-3-5-16(22)14(15)12-24-19-18(29(30)31)20(26-13-25-19)28-10-8-27(9-11-28)17-6-1-2-7-23-17/h1-7,13H,8-12H2,(H,24,25,26). The second kappa shape index (κ2) is 9.09. The van der Waals surface area contributed by atoms with Crippen molar-refractivity contribution >= 4 is 34.7 Å². The Morgan fingerprint density at radius 1 is 1.06 bits per heavy atom. The predicted molar refractivity (Wildman–Crippen MR) is 116 cm³/mol. The minimum atomic E-state index is -0.522. The molecule has 1 N–H and O–H groups in total. The molecule has 0 saturated carbocycles. The van der Waals surface area contributed by atoms with Gasteiger partial charge in [-0.15, -0.1) is 0 Å². The maximum absolute atomic E-state index is 14.0. The van der Waals surface area contributed by atoms with E-state index >= 15 is 0 Å². The highest BCUT2D eigenvalue weighted by atomic mass is 35.5. The zero-order valence-corrected chi connectivity index (χ0v) is 17.2. The van der Waals surface area contributed by atoms with Gasteiger partial charge in [-0.3, -0.25) is 10.1 Å². The number of benzene rings is 1.